The quantitative estimate of drug-likeness (QED) is 0.761. The number of benzene rings is 1. The molecular formula is C13H19NO. The van der Waals surface area contributed by atoms with Crippen molar-refractivity contribution < 1.29 is 5.11 Å². The van der Waals surface area contributed by atoms with Crippen LogP contribution in [-0.2, 0) is 6.42 Å². The summed E-state index contributed by atoms with van der Waals surface area (Å²) in [7, 11) is 4.27. The molecule has 82 valence electrons. The second-order valence-electron chi connectivity index (χ2n) is 4.70. The third-order valence-corrected chi connectivity index (χ3v) is 3.61. The van der Waals surface area contributed by atoms with Crippen LogP contribution >= 0.6 is 0 Å². The molecule has 1 aliphatic rings. The molecule has 0 radical (unpaired) electrons. The van der Waals surface area contributed by atoms with Gasteiger partial charge < -0.3 is 10.0 Å². The summed E-state index contributed by atoms with van der Waals surface area (Å²) in [5, 5.41) is 9.79. The topological polar surface area (TPSA) is 23.5 Å². The van der Waals surface area contributed by atoms with E-state index in [1.807, 2.05) is 6.07 Å². The molecule has 0 fully saturated rings. The first-order valence-electron chi connectivity index (χ1n) is 5.58. The third-order valence-electron chi connectivity index (χ3n) is 3.61. The zero-order valence-electron chi connectivity index (χ0n) is 9.70. The Morgan fingerprint density at radius 3 is 2.73 bits per heavy atom. The van der Waals surface area contributed by atoms with E-state index in [-0.39, 0.29) is 0 Å². The van der Waals surface area contributed by atoms with E-state index < -0.39 is 0 Å². The summed E-state index contributed by atoms with van der Waals surface area (Å²) in [6.45, 7) is 2.25. The second-order valence-corrected chi connectivity index (χ2v) is 4.70. The van der Waals surface area contributed by atoms with E-state index in [2.05, 4.69) is 32.0 Å². The van der Waals surface area contributed by atoms with Crippen LogP contribution in [0.15, 0.2) is 18.2 Å². The number of phenolic OH excluding ortho intramolecular Hbond substituents is 1. The maximum Gasteiger partial charge on any atom is 0.119 e. The Balaban J connectivity index is 2.38. The van der Waals surface area contributed by atoms with Crippen LogP contribution in [0.2, 0.25) is 0 Å². The van der Waals surface area contributed by atoms with E-state index in [1.165, 1.54) is 5.56 Å². The Morgan fingerprint density at radius 1 is 1.33 bits per heavy atom. The van der Waals surface area contributed by atoms with Crippen molar-refractivity contribution in [2.45, 2.75) is 31.7 Å². The van der Waals surface area contributed by atoms with Gasteiger partial charge in [-0.3, -0.25) is 0 Å². The highest BCUT2D eigenvalue weighted by molar-refractivity contribution is 5.43. The number of rotatable bonds is 1. The first-order valence-corrected chi connectivity index (χ1v) is 5.58. The van der Waals surface area contributed by atoms with Crippen LogP contribution in [0.4, 0.5) is 0 Å². The smallest absolute Gasteiger partial charge is 0.119 e. The van der Waals surface area contributed by atoms with Crippen LogP contribution in [0.25, 0.3) is 0 Å². The predicted molar refractivity (Wildman–Crippen MR) is 62.3 cm³/mol. The lowest BCUT2D eigenvalue weighted by Gasteiger charge is -2.35. The number of fused-ring (bicyclic) bond motifs is 1. The van der Waals surface area contributed by atoms with Crippen molar-refractivity contribution in [2.75, 3.05) is 14.1 Å². The number of hydrogen-bond donors (Lipinski definition) is 1. The van der Waals surface area contributed by atoms with Gasteiger partial charge >= 0.3 is 0 Å². The number of aromatic hydroxyl groups is 1. The van der Waals surface area contributed by atoms with Crippen molar-refractivity contribution >= 4 is 0 Å². The Morgan fingerprint density at radius 2 is 2.07 bits per heavy atom. The number of likely N-dealkylation sites (N-methyl/N-ethyl adjacent to an activating group) is 1. The number of hydrogen-bond acceptors (Lipinski definition) is 2. The molecule has 0 bridgehead atoms. The van der Waals surface area contributed by atoms with Gasteiger partial charge in [0.25, 0.3) is 0 Å². The van der Waals surface area contributed by atoms with Crippen molar-refractivity contribution in [3.05, 3.63) is 29.3 Å². The molecule has 15 heavy (non-hydrogen) atoms. The van der Waals surface area contributed by atoms with Crippen LogP contribution in [0.5, 0.6) is 5.75 Å². The van der Waals surface area contributed by atoms with Crippen LogP contribution in [0.3, 0.4) is 0 Å². The first-order chi connectivity index (χ1) is 7.11. The normalized spacial score (nSPS) is 25.3. The van der Waals surface area contributed by atoms with Gasteiger partial charge in [-0.25, -0.2) is 0 Å². The molecule has 1 aromatic carbocycles. The van der Waals surface area contributed by atoms with Gasteiger partial charge in [0.2, 0.25) is 0 Å². The highest BCUT2D eigenvalue weighted by atomic mass is 16.3. The minimum absolute atomic E-state index is 0.469. The van der Waals surface area contributed by atoms with Gasteiger partial charge in [-0.15, -0.1) is 0 Å². The molecule has 0 unspecified atom stereocenters. The zero-order valence-corrected chi connectivity index (χ0v) is 9.70. The summed E-state index contributed by atoms with van der Waals surface area (Å²) < 4.78 is 0. The fourth-order valence-electron chi connectivity index (χ4n) is 2.75. The maximum atomic E-state index is 9.79. The molecule has 2 rings (SSSR count). The molecule has 2 nitrogen and oxygen atoms in total. The largest absolute Gasteiger partial charge is 0.508 e. The lowest BCUT2D eigenvalue weighted by molar-refractivity contribution is 0.235. The van der Waals surface area contributed by atoms with Gasteiger partial charge in [0.05, 0.1) is 0 Å². The van der Waals surface area contributed by atoms with Crippen molar-refractivity contribution in [2.24, 2.45) is 0 Å². The Kier molecular flexibility index (Phi) is 2.70. The predicted octanol–water partition coefficient (Wildman–Crippen LogP) is 2.37. The average Bonchev–Trinajstić information content (AvgIpc) is 2.19. The van der Waals surface area contributed by atoms with Crippen molar-refractivity contribution in [3.63, 3.8) is 0 Å². The van der Waals surface area contributed by atoms with E-state index in [1.54, 1.807) is 6.07 Å². The summed E-state index contributed by atoms with van der Waals surface area (Å²) in [4.78, 5) is 2.29. The maximum absolute atomic E-state index is 9.79. The van der Waals surface area contributed by atoms with E-state index in [4.69, 9.17) is 0 Å². The molecule has 0 amide bonds. The summed E-state index contributed by atoms with van der Waals surface area (Å²) in [6.07, 6.45) is 2.13. The van der Waals surface area contributed by atoms with Gasteiger partial charge in [-0.2, -0.15) is 0 Å². The monoisotopic (exact) mass is 205 g/mol. The standard InChI is InChI=1S/C13H19NO/c1-9-10-5-4-6-13(15)11(10)7-8-12(9)14(2)3/h4-6,9,12,15H,7-8H2,1-3H3/t9-,12+/m1/s1. The minimum atomic E-state index is 0.469. The van der Waals surface area contributed by atoms with Gasteiger partial charge in [0.15, 0.2) is 0 Å². The highest BCUT2D eigenvalue weighted by Crippen LogP contribution is 2.37. The number of phenols is 1. The SMILES string of the molecule is C[C@@H]1c2cccc(O)c2CC[C@@H]1N(C)C. The molecule has 0 aliphatic heterocycles. The van der Waals surface area contributed by atoms with Crippen molar-refractivity contribution in [3.8, 4) is 5.75 Å². The fraction of sp³-hybridized carbons (Fsp3) is 0.538. The molecule has 1 aliphatic carbocycles. The summed E-state index contributed by atoms with van der Waals surface area (Å²) >= 11 is 0. The molecule has 0 heterocycles. The Bertz CT molecular complexity index is 360. The van der Waals surface area contributed by atoms with Crippen LogP contribution in [0.1, 0.15) is 30.4 Å². The minimum Gasteiger partial charge on any atom is -0.508 e. The summed E-state index contributed by atoms with van der Waals surface area (Å²) in [6, 6.07) is 6.49. The van der Waals surface area contributed by atoms with Crippen molar-refractivity contribution in [1.82, 2.24) is 4.90 Å². The zero-order chi connectivity index (χ0) is 11.0. The van der Waals surface area contributed by atoms with Crippen molar-refractivity contribution in [1.29, 1.82) is 0 Å². The van der Waals surface area contributed by atoms with E-state index in [0.717, 1.165) is 18.4 Å². The van der Waals surface area contributed by atoms with Crippen LogP contribution < -0.4 is 0 Å². The van der Waals surface area contributed by atoms with Crippen LogP contribution in [0, 0.1) is 0 Å². The second kappa shape index (κ2) is 3.86. The average molecular weight is 205 g/mol. The van der Waals surface area contributed by atoms with E-state index in [0.29, 0.717) is 17.7 Å². The molecule has 0 saturated carbocycles. The summed E-state index contributed by atoms with van der Waals surface area (Å²) in [5.74, 6) is 0.979. The van der Waals surface area contributed by atoms with E-state index >= 15 is 0 Å². The third kappa shape index (κ3) is 1.74. The molecule has 0 spiro atoms. The lowest BCUT2D eigenvalue weighted by Crippen LogP contribution is -2.36. The van der Waals surface area contributed by atoms with Gasteiger partial charge in [0.1, 0.15) is 5.75 Å². The van der Waals surface area contributed by atoms with Crippen LogP contribution in [-0.4, -0.2) is 30.1 Å². The lowest BCUT2D eigenvalue weighted by atomic mass is 9.79. The molecule has 1 aromatic rings. The molecule has 0 aromatic heterocycles. The molecule has 1 N–H and O–H groups in total. The highest BCUT2D eigenvalue weighted by Gasteiger charge is 2.28. The molecule has 0 saturated heterocycles. The van der Waals surface area contributed by atoms with Gasteiger partial charge in [-0.05, 0) is 50.0 Å². The van der Waals surface area contributed by atoms with Gasteiger partial charge in [-0.1, -0.05) is 19.1 Å². The molecule has 2 heteroatoms. The summed E-state index contributed by atoms with van der Waals surface area (Å²) in [5.41, 5.74) is 2.48. The molecule has 2 atom stereocenters. The molecular weight excluding hydrogens is 186 g/mol. The van der Waals surface area contributed by atoms with Gasteiger partial charge in [0, 0.05) is 6.04 Å². The number of nitrogens with zero attached hydrogens (tertiary/aromatic N) is 1. The Labute approximate surface area is 91.5 Å². The first kappa shape index (κ1) is 10.5. The fourth-order valence-corrected chi connectivity index (χ4v) is 2.75. The Hall–Kier alpha value is -1.02. The van der Waals surface area contributed by atoms with E-state index in [9.17, 15) is 5.11 Å².